The van der Waals surface area contributed by atoms with Crippen LogP contribution in [0.5, 0.6) is 0 Å². The number of amides is 1. The molecule has 2 atom stereocenters. The van der Waals surface area contributed by atoms with Gasteiger partial charge in [0.2, 0.25) is 0 Å². The van der Waals surface area contributed by atoms with Crippen molar-refractivity contribution in [3.63, 3.8) is 0 Å². The molecule has 5 nitrogen and oxygen atoms in total. The van der Waals surface area contributed by atoms with Crippen molar-refractivity contribution in [1.82, 2.24) is 15.5 Å². The van der Waals surface area contributed by atoms with Crippen molar-refractivity contribution in [3.8, 4) is 11.3 Å². The molecule has 0 saturated heterocycles. The third kappa shape index (κ3) is 2.74. The Kier molecular flexibility index (Phi) is 4.07. The van der Waals surface area contributed by atoms with Crippen LogP contribution < -0.4 is 5.32 Å². The number of aromatic nitrogens is 2. The van der Waals surface area contributed by atoms with E-state index in [0.717, 1.165) is 24.8 Å². The number of nitrogens with zero attached hydrogens (tertiary/aromatic N) is 1. The van der Waals surface area contributed by atoms with Crippen LogP contribution in [0.2, 0.25) is 0 Å². The van der Waals surface area contributed by atoms with Crippen molar-refractivity contribution < 1.29 is 13.9 Å². The van der Waals surface area contributed by atoms with Crippen LogP contribution in [-0.4, -0.2) is 34.9 Å². The van der Waals surface area contributed by atoms with E-state index in [1.54, 1.807) is 18.2 Å². The van der Waals surface area contributed by atoms with Gasteiger partial charge in [0, 0.05) is 23.6 Å². The minimum Gasteiger partial charge on any atom is -0.378 e. The van der Waals surface area contributed by atoms with E-state index in [0.29, 0.717) is 18.0 Å². The van der Waals surface area contributed by atoms with E-state index in [-0.39, 0.29) is 29.3 Å². The Hall–Kier alpha value is -2.21. The van der Waals surface area contributed by atoms with Gasteiger partial charge >= 0.3 is 0 Å². The van der Waals surface area contributed by atoms with Crippen LogP contribution >= 0.6 is 0 Å². The third-order valence-corrected chi connectivity index (χ3v) is 5.71. The van der Waals surface area contributed by atoms with Gasteiger partial charge in [0.15, 0.2) is 0 Å². The van der Waals surface area contributed by atoms with Gasteiger partial charge in [0.05, 0.1) is 11.8 Å². The monoisotopic (exact) mass is 343 g/mol. The number of carbonyl (C=O) groups excluding carboxylic acids is 1. The molecule has 2 fully saturated rings. The fourth-order valence-electron chi connectivity index (χ4n) is 4.08. The van der Waals surface area contributed by atoms with Crippen molar-refractivity contribution in [2.75, 3.05) is 6.61 Å². The molecule has 0 radical (unpaired) electrons. The summed E-state index contributed by atoms with van der Waals surface area (Å²) in [5.41, 5.74) is 1.95. The van der Waals surface area contributed by atoms with E-state index in [1.165, 1.54) is 18.6 Å². The summed E-state index contributed by atoms with van der Waals surface area (Å²) in [6, 6.07) is 7.93. The number of ether oxygens (including phenoxy) is 1. The van der Waals surface area contributed by atoms with Crippen LogP contribution in [0.4, 0.5) is 4.39 Å². The lowest BCUT2D eigenvalue weighted by molar-refractivity contribution is -0.169. The van der Waals surface area contributed by atoms with E-state index in [4.69, 9.17) is 4.74 Å². The van der Waals surface area contributed by atoms with Gasteiger partial charge in [-0.3, -0.25) is 9.89 Å². The van der Waals surface area contributed by atoms with Gasteiger partial charge in [-0.2, -0.15) is 5.10 Å². The molecule has 0 unspecified atom stereocenters. The average Bonchev–Trinajstić information content (AvgIpc) is 3.03. The standard InChI is InChI=1S/C19H22FN3O2/c1-2-25-17-11-16(19(17)8-3-9-19)21-18(24)15-10-14(22-23-15)12-4-6-13(20)7-5-12/h4-7,10,16-17H,2-3,8-9,11H2,1H3,(H,21,24)(H,22,23)/t16-,17+/m1/s1. The normalized spacial score (nSPS) is 23.8. The number of carbonyl (C=O) groups is 1. The van der Waals surface area contributed by atoms with Gasteiger partial charge in [-0.25, -0.2) is 4.39 Å². The molecule has 25 heavy (non-hydrogen) atoms. The Morgan fingerprint density at radius 2 is 2.16 bits per heavy atom. The number of hydrogen-bond donors (Lipinski definition) is 2. The fraction of sp³-hybridized carbons (Fsp3) is 0.474. The summed E-state index contributed by atoms with van der Waals surface area (Å²) in [7, 11) is 0. The molecule has 1 heterocycles. The first-order valence-electron chi connectivity index (χ1n) is 8.86. The van der Waals surface area contributed by atoms with Gasteiger partial charge in [-0.05, 0) is 56.5 Å². The Labute approximate surface area is 146 Å². The van der Waals surface area contributed by atoms with Crippen LogP contribution in [0.15, 0.2) is 30.3 Å². The molecule has 2 N–H and O–H groups in total. The van der Waals surface area contributed by atoms with E-state index in [1.807, 2.05) is 6.92 Å². The van der Waals surface area contributed by atoms with E-state index in [2.05, 4.69) is 15.5 Å². The summed E-state index contributed by atoms with van der Waals surface area (Å²) < 4.78 is 18.8. The second kappa shape index (κ2) is 6.26. The molecule has 1 amide bonds. The quantitative estimate of drug-likeness (QED) is 0.875. The summed E-state index contributed by atoms with van der Waals surface area (Å²) in [5, 5.41) is 10.1. The zero-order valence-electron chi connectivity index (χ0n) is 14.2. The molecule has 0 bridgehead atoms. The molecule has 1 aromatic carbocycles. The first-order chi connectivity index (χ1) is 12.1. The molecule has 2 aliphatic rings. The van der Waals surface area contributed by atoms with Crippen molar-refractivity contribution in [3.05, 3.63) is 41.8 Å². The van der Waals surface area contributed by atoms with Crippen molar-refractivity contribution >= 4 is 5.91 Å². The maximum Gasteiger partial charge on any atom is 0.269 e. The number of rotatable bonds is 5. The minimum absolute atomic E-state index is 0.130. The van der Waals surface area contributed by atoms with Crippen molar-refractivity contribution in [2.24, 2.45) is 5.41 Å². The zero-order chi connectivity index (χ0) is 17.4. The Morgan fingerprint density at radius 1 is 1.40 bits per heavy atom. The summed E-state index contributed by atoms with van der Waals surface area (Å²) in [6.07, 6.45) is 4.58. The molecule has 2 aromatic rings. The molecule has 1 aromatic heterocycles. The first-order valence-corrected chi connectivity index (χ1v) is 8.86. The van der Waals surface area contributed by atoms with Crippen LogP contribution in [0.1, 0.15) is 43.1 Å². The van der Waals surface area contributed by atoms with Crippen LogP contribution in [-0.2, 0) is 4.74 Å². The molecule has 4 rings (SSSR count). The minimum atomic E-state index is -0.295. The fourth-order valence-corrected chi connectivity index (χ4v) is 4.08. The number of nitrogens with one attached hydrogen (secondary N) is 2. The van der Waals surface area contributed by atoms with Crippen molar-refractivity contribution in [1.29, 1.82) is 0 Å². The van der Waals surface area contributed by atoms with Gasteiger partial charge in [0.1, 0.15) is 11.5 Å². The molecule has 0 aliphatic heterocycles. The van der Waals surface area contributed by atoms with Gasteiger partial charge < -0.3 is 10.1 Å². The molecular formula is C19H22FN3O2. The summed E-state index contributed by atoms with van der Waals surface area (Å²) >= 11 is 0. The zero-order valence-corrected chi connectivity index (χ0v) is 14.2. The van der Waals surface area contributed by atoms with Crippen LogP contribution in [0, 0.1) is 11.2 Å². The topological polar surface area (TPSA) is 67.0 Å². The van der Waals surface area contributed by atoms with E-state index >= 15 is 0 Å². The Balaban J connectivity index is 1.43. The molecule has 1 spiro atoms. The maximum absolute atomic E-state index is 13.0. The summed E-state index contributed by atoms with van der Waals surface area (Å²) in [6.45, 7) is 2.73. The number of hydrogen-bond acceptors (Lipinski definition) is 3. The SMILES string of the molecule is CCO[C@H]1C[C@@H](NC(=O)c2cc(-c3ccc(F)cc3)n[nH]2)C12CCC2. The predicted octanol–water partition coefficient (Wildman–Crippen LogP) is 3.29. The largest absolute Gasteiger partial charge is 0.378 e. The molecule has 132 valence electrons. The first kappa shape index (κ1) is 16.3. The third-order valence-electron chi connectivity index (χ3n) is 5.71. The average molecular weight is 343 g/mol. The smallest absolute Gasteiger partial charge is 0.269 e. The molecule has 6 heteroatoms. The number of benzene rings is 1. The Morgan fingerprint density at radius 3 is 2.80 bits per heavy atom. The maximum atomic E-state index is 13.0. The summed E-state index contributed by atoms with van der Waals surface area (Å²) in [4.78, 5) is 12.6. The van der Waals surface area contributed by atoms with Gasteiger partial charge in [-0.15, -0.1) is 0 Å². The highest BCUT2D eigenvalue weighted by atomic mass is 19.1. The molecular weight excluding hydrogens is 321 g/mol. The molecule has 2 saturated carbocycles. The van der Waals surface area contributed by atoms with Gasteiger partial charge in [0.25, 0.3) is 5.91 Å². The summed E-state index contributed by atoms with van der Waals surface area (Å²) in [5.74, 6) is -0.441. The van der Waals surface area contributed by atoms with E-state index in [9.17, 15) is 9.18 Å². The highest BCUT2D eigenvalue weighted by Crippen LogP contribution is 2.57. The lowest BCUT2D eigenvalue weighted by Gasteiger charge is -2.60. The highest BCUT2D eigenvalue weighted by molar-refractivity contribution is 5.93. The number of halogens is 1. The van der Waals surface area contributed by atoms with Crippen molar-refractivity contribution in [2.45, 2.75) is 44.8 Å². The van der Waals surface area contributed by atoms with E-state index < -0.39 is 0 Å². The predicted molar refractivity (Wildman–Crippen MR) is 91.6 cm³/mol. The van der Waals surface area contributed by atoms with Crippen LogP contribution in [0.25, 0.3) is 11.3 Å². The number of H-pyrrole nitrogens is 1. The number of aromatic amines is 1. The second-order valence-electron chi connectivity index (χ2n) is 6.97. The Bertz CT molecular complexity index is 767. The second-order valence-corrected chi connectivity index (χ2v) is 6.97. The van der Waals surface area contributed by atoms with Gasteiger partial charge in [-0.1, -0.05) is 6.42 Å². The lowest BCUT2D eigenvalue weighted by atomic mass is 9.51. The van der Waals surface area contributed by atoms with Crippen LogP contribution in [0.3, 0.4) is 0 Å². The lowest BCUT2D eigenvalue weighted by Crippen LogP contribution is -2.67. The molecule has 2 aliphatic carbocycles. The highest BCUT2D eigenvalue weighted by Gasteiger charge is 2.59.